The van der Waals surface area contributed by atoms with Gasteiger partial charge in [0, 0.05) is 23.3 Å². The van der Waals surface area contributed by atoms with Crippen molar-refractivity contribution in [3.63, 3.8) is 0 Å². The van der Waals surface area contributed by atoms with E-state index in [2.05, 4.69) is 26.2 Å². The number of ether oxygens (including phenoxy) is 1. The number of benzene rings is 2. The number of fused-ring (bicyclic) bond motifs is 1. The number of para-hydroxylation sites is 1. The number of hydrogen-bond donors (Lipinski definition) is 1. The van der Waals surface area contributed by atoms with E-state index in [9.17, 15) is 9.59 Å². The van der Waals surface area contributed by atoms with Crippen molar-refractivity contribution in [1.82, 2.24) is 9.55 Å². The van der Waals surface area contributed by atoms with Crippen LogP contribution < -0.4 is 10.9 Å². The van der Waals surface area contributed by atoms with Crippen molar-refractivity contribution in [2.45, 2.75) is 38.1 Å². The molecule has 0 radical (unpaired) electrons. The Labute approximate surface area is 188 Å². The van der Waals surface area contributed by atoms with Crippen molar-refractivity contribution < 1.29 is 9.53 Å². The van der Waals surface area contributed by atoms with E-state index in [1.165, 1.54) is 11.8 Å². The van der Waals surface area contributed by atoms with Crippen LogP contribution in [0.15, 0.2) is 63.0 Å². The summed E-state index contributed by atoms with van der Waals surface area (Å²) in [5, 5.41) is 3.97. The summed E-state index contributed by atoms with van der Waals surface area (Å²) in [5.74, 6) is 0.00278. The van der Waals surface area contributed by atoms with Gasteiger partial charge < -0.3 is 10.1 Å². The highest BCUT2D eigenvalue weighted by Crippen LogP contribution is 2.19. The third-order valence-corrected chi connectivity index (χ3v) is 5.77. The zero-order valence-electron chi connectivity index (χ0n) is 16.9. The van der Waals surface area contributed by atoms with Gasteiger partial charge in [-0.1, -0.05) is 39.8 Å². The van der Waals surface area contributed by atoms with Gasteiger partial charge in [0.05, 0.1) is 22.8 Å². The number of nitrogens with one attached hydrogen (secondary N) is 1. The minimum Gasteiger partial charge on any atom is -0.379 e. The Balaban J connectivity index is 1.75. The molecule has 0 saturated carbocycles. The molecule has 30 heavy (non-hydrogen) atoms. The zero-order chi connectivity index (χ0) is 21.5. The number of thioether (sulfide) groups is 1. The lowest BCUT2D eigenvalue weighted by molar-refractivity contribution is -0.113. The first kappa shape index (κ1) is 22.5. The second kappa shape index (κ2) is 10.7. The zero-order valence-corrected chi connectivity index (χ0v) is 19.3. The predicted molar refractivity (Wildman–Crippen MR) is 125 cm³/mol. The monoisotopic (exact) mass is 489 g/mol. The van der Waals surface area contributed by atoms with Gasteiger partial charge in [0.1, 0.15) is 0 Å². The van der Waals surface area contributed by atoms with E-state index >= 15 is 0 Å². The van der Waals surface area contributed by atoms with Crippen LogP contribution in [0.2, 0.25) is 0 Å². The molecule has 0 atom stereocenters. The maximum absolute atomic E-state index is 13.0. The Hall–Kier alpha value is -2.16. The van der Waals surface area contributed by atoms with Crippen molar-refractivity contribution in [3.05, 3.63) is 63.4 Å². The summed E-state index contributed by atoms with van der Waals surface area (Å²) in [7, 11) is 0. The quantitative estimate of drug-likeness (QED) is 0.267. The third kappa shape index (κ3) is 6.17. The standard InChI is InChI=1S/C22H24BrN3O3S/c1-15(2)29-13-5-12-26-21(28)18-6-3-4-7-19(18)25-22(26)30-14-20(27)24-17-10-8-16(23)9-11-17/h3-4,6-11,15H,5,12-14H2,1-2H3,(H,24,27). The van der Waals surface area contributed by atoms with Gasteiger partial charge in [-0.3, -0.25) is 14.2 Å². The molecule has 1 amide bonds. The maximum Gasteiger partial charge on any atom is 0.262 e. The van der Waals surface area contributed by atoms with E-state index < -0.39 is 0 Å². The highest BCUT2D eigenvalue weighted by Gasteiger charge is 2.13. The maximum atomic E-state index is 13.0. The number of anilines is 1. The number of halogens is 1. The Morgan fingerprint density at radius 2 is 1.93 bits per heavy atom. The first-order valence-electron chi connectivity index (χ1n) is 9.73. The first-order valence-corrected chi connectivity index (χ1v) is 11.5. The van der Waals surface area contributed by atoms with Crippen LogP contribution in [0.3, 0.4) is 0 Å². The molecule has 0 aliphatic rings. The fourth-order valence-corrected chi connectivity index (χ4v) is 3.95. The largest absolute Gasteiger partial charge is 0.379 e. The molecule has 0 saturated heterocycles. The molecule has 0 fully saturated rings. The number of carbonyl (C=O) groups is 1. The molecule has 158 valence electrons. The molecule has 2 aromatic carbocycles. The van der Waals surface area contributed by atoms with Gasteiger partial charge in [-0.2, -0.15) is 0 Å². The fraction of sp³-hybridized carbons (Fsp3) is 0.318. The predicted octanol–water partition coefficient (Wildman–Crippen LogP) is 4.70. The number of carbonyl (C=O) groups excluding carboxylic acids is 1. The molecule has 8 heteroatoms. The molecule has 0 aliphatic carbocycles. The van der Waals surface area contributed by atoms with Gasteiger partial charge in [0.2, 0.25) is 5.91 Å². The van der Waals surface area contributed by atoms with Gasteiger partial charge in [0.15, 0.2) is 5.16 Å². The molecule has 3 aromatic rings. The second-order valence-corrected chi connectivity index (χ2v) is 8.84. The van der Waals surface area contributed by atoms with Gasteiger partial charge >= 0.3 is 0 Å². The third-order valence-electron chi connectivity index (χ3n) is 4.26. The molecule has 1 heterocycles. The van der Waals surface area contributed by atoms with Crippen LogP contribution >= 0.6 is 27.7 Å². The van der Waals surface area contributed by atoms with Crippen molar-refractivity contribution >= 4 is 50.2 Å². The molecule has 0 aliphatic heterocycles. The van der Waals surface area contributed by atoms with E-state index in [0.717, 1.165) is 10.2 Å². The van der Waals surface area contributed by atoms with E-state index in [1.54, 1.807) is 10.6 Å². The highest BCUT2D eigenvalue weighted by atomic mass is 79.9. The second-order valence-electron chi connectivity index (χ2n) is 6.99. The van der Waals surface area contributed by atoms with Gasteiger partial charge in [-0.25, -0.2) is 4.98 Å². The van der Waals surface area contributed by atoms with E-state index in [4.69, 9.17) is 4.74 Å². The summed E-state index contributed by atoms with van der Waals surface area (Å²) in [5.41, 5.74) is 1.26. The van der Waals surface area contributed by atoms with Crippen molar-refractivity contribution in [3.8, 4) is 0 Å². The molecular formula is C22H24BrN3O3S. The van der Waals surface area contributed by atoms with Gasteiger partial charge in [0.25, 0.3) is 5.56 Å². The number of amides is 1. The molecule has 1 N–H and O–H groups in total. The molecular weight excluding hydrogens is 466 g/mol. The first-order chi connectivity index (χ1) is 14.4. The SMILES string of the molecule is CC(C)OCCCn1c(SCC(=O)Nc2ccc(Br)cc2)nc2ccccc2c1=O. The average Bonchev–Trinajstić information content (AvgIpc) is 2.72. The van der Waals surface area contributed by atoms with E-state index in [0.29, 0.717) is 35.6 Å². The average molecular weight is 490 g/mol. The number of aromatic nitrogens is 2. The smallest absolute Gasteiger partial charge is 0.262 e. The lowest BCUT2D eigenvalue weighted by atomic mass is 10.2. The van der Waals surface area contributed by atoms with Crippen LogP contribution in [0.1, 0.15) is 20.3 Å². The molecule has 0 bridgehead atoms. The van der Waals surface area contributed by atoms with Crippen molar-refractivity contribution in [1.29, 1.82) is 0 Å². The van der Waals surface area contributed by atoms with Crippen LogP contribution in [0.25, 0.3) is 10.9 Å². The number of nitrogens with zero attached hydrogens (tertiary/aromatic N) is 2. The molecule has 0 unspecified atom stereocenters. The Bertz CT molecular complexity index is 1070. The van der Waals surface area contributed by atoms with Crippen LogP contribution in [-0.4, -0.2) is 33.9 Å². The van der Waals surface area contributed by atoms with Gasteiger partial charge in [-0.15, -0.1) is 0 Å². The Morgan fingerprint density at radius 3 is 2.67 bits per heavy atom. The Kier molecular flexibility index (Phi) is 8.07. The summed E-state index contributed by atoms with van der Waals surface area (Å²) >= 11 is 4.64. The fourth-order valence-electron chi connectivity index (χ4n) is 2.86. The van der Waals surface area contributed by atoms with Crippen LogP contribution in [0.4, 0.5) is 5.69 Å². The van der Waals surface area contributed by atoms with Crippen LogP contribution in [0.5, 0.6) is 0 Å². The number of hydrogen-bond acceptors (Lipinski definition) is 5. The Morgan fingerprint density at radius 1 is 1.20 bits per heavy atom. The lowest BCUT2D eigenvalue weighted by Gasteiger charge is -2.14. The van der Waals surface area contributed by atoms with Crippen LogP contribution in [0, 0.1) is 0 Å². The molecule has 1 aromatic heterocycles. The molecule has 6 nitrogen and oxygen atoms in total. The van der Waals surface area contributed by atoms with E-state index in [1.807, 2.05) is 56.3 Å². The topological polar surface area (TPSA) is 73.2 Å². The summed E-state index contributed by atoms with van der Waals surface area (Å²) in [6, 6.07) is 14.7. The minimum atomic E-state index is -0.153. The summed E-state index contributed by atoms with van der Waals surface area (Å²) in [6.45, 7) is 5.01. The summed E-state index contributed by atoms with van der Waals surface area (Å²) < 4.78 is 8.18. The van der Waals surface area contributed by atoms with E-state index in [-0.39, 0.29) is 23.3 Å². The summed E-state index contributed by atoms with van der Waals surface area (Å²) in [6.07, 6.45) is 0.837. The van der Waals surface area contributed by atoms with Crippen molar-refractivity contribution in [2.24, 2.45) is 0 Å². The normalized spacial score (nSPS) is 11.2. The summed E-state index contributed by atoms with van der Waals surface area (Å²) in [4.78, 5) is 30.0. The molecule has 3 rings (SSSR count). The number of rotatable bonds is 9. The van der Waals surface area contributed by atoms with Gasteiger partial charge in [-0.05, 0) is 56.7 Å². The molecule has 0 spiro atoms. The van der Waals surface area contributed by atoms with Crippen LogP contribution in [-0.2, 0) is 16.1 Å². The van der Waals surface area contributed by atoms with Crippen molar-refractivity contribution in [2.75, 3.05) is 17.7 Å². The lowest BCUT2D eigenvalue weighted by Crippen LogP contribution is -2.25. The highest BCUT2D eigenvalue weighted by molar-refractivity contribution is 9.10. The minimum absolute atomic E-state index is 0.0963.